The molecular weight excluding hydrogens is 474 g/mol. The third-order valence-electron chi connectivity index (χ3n) is 4.08. The molecule has 3 rings (SSSR count). The number of guanidine groups is 1. The van der Waals surface area contributed by atoms with Crippen LogP contribution < -0.4 is 10.6 Å². The highest BCUT2D eigenvalue weighted by atomic mass is 127. The Morgan fingerprint density at radius 3 is 2.64 bits per heavy atom. The Balaban J connectivity index is 0.00000280. The Kier molecular flexibility index (Phi) is 7.97. The van der Waals surface area contributed by atoms with E-state index in [-0.39, 0.29) is 29.8 Å². The molecule has 2 heterocycles. The van der Waals surface area contributed by atoms with E-state index >= 15 is 0 Å². The van der Waals surface area contributed by atoms with Gasteiger partial charge in [-0.05, 0) is 23.6 Å². The molecule has 0 fully saturated rings. The first-order valence-electron chi connectivity index (χ1n) is 8.73. The minimum absolute atomic E-state index is 0. The summed E-state index contributed by atoms with van der Waals surface area (Å²) in [5, 5.41) is 10.3. The molecule has 0 aliphatic rings. The standard InChI is InChI=1S/C19H23FN6O.HI/c1-13(2)17-9-15(27-25-17)11-24-19(21-3)23-10-14-4-5-18(16(20)8-14)26-7-6-22-12-26;/h4-9,12-13H,10-11H2,1-3H3,(H2,21,23,24);1H. The molecule has 2 N–H and O–H groups in total. The molecule has 150 valence electrons. The van der Waals surface area contributed by atoms with Gasteiger partial charge in [0.15, 0.2) is 11.7 Å². The number of hydrogen-bond donors (Lipinski definition) is 2. The summed E-state index contributed by atoms with van der Waals surface area (Å²) in [6.07, 6.45) is 4.88. The molecule has 0 spiro atoms. The van der Waals surface area contributed by atoms with Crippen molar-refractivity contribution in [3.05, 3.63) is 65.8 Å². The van der Waals surface area contributed by atoms with E-state index < -0.39 is 0 Å². The summed E-state index contributed by atoms with van der Waals surface area (Å²) in [4.78, 5) is 8.10. The molecule has 7 nitrogen and oxygen atoms in total. The minimum Gasteiger partial charge on any atom is -0.359 e. The molecule has 0 saturated carbocycles. The van der Waals surface area contributed by atoms with Gasteiger partial charge in [0.1, 0.15) is 5.82 Å². The highest BCUT2D eigenvalue weighted by Crippen LogP contribution is 2.15. The molecule has 1 aromatic carbocycles. The largest absolute Gasteiger partial charge is 0.359 e. The van der Waals surface area contributed by atoms with Gasteiger partial charge in [0.05, 0.1) is 24.3 Å². The lowest BCUT2D eigenvalue weighted by Crippen LogP contribution is -2.36. The van der Waals surface area contributed by atoms with Gasteiger partial charge in [0.25, 0.3) is 0 Å². The van der Waals surface area contributed by atoms with Gasteiger partial charge in [-0.25, -0.2) is 9.37 Å². The smallest absolute Gasteiger partial charge is 0.191 e. The van der Waals surface area contributed by atoms with Gasteiger partial charge in [0.2, 0.25) is 0 Å². The van der Waals surface area contributed by atoms with Crippen molar-refractivity contribution in [2.75, 3.05) is 7.05 Å². The summed E-state index contributed by atoms with van der Waals surface area (Å²) in [7, 11) is 1.68. The predicted molar refractivity (Wildman–Crippen MR) is 117 cm³/mol. The summed E-state index contributed by atoms with van der Waals surface area (Å²) in [5.41, 5.74) is 2.19. The number of rotatable bonds is 6. The Labute approximate surface area is 180 Å². The third kappa shape index (κ3) is 5.54. The van der Waals surface area contributed by atoms with E-state index in [2.05, 4.69) is 39.6 Å². The molecule has 28 heavy (non-hydrogen) atoms. The van der Waals surface area contributed by atoms with E-state index in [9.17, 15) is 4.39 Å². The minimum atomic E-state index is -0.307. The van der Waals surface area contributed by atoms with Crippen molar-refractivity contribution in [2.24, 2.45) is 4.99 Å². The maximum atomic E-state index is 14.3. The molecule has 0 radical (unpaired) electrons. The first kappa shape index (κ1) is 21.9. The Bertz CT molecular complexity index is 907. The molecular formula is C19H24FIN6O. The normalized spacial score (nSPS) is 11.4. The topological polar surface area (TPSA) is 80.3 Å². The van der Waals surface area contributed by atoms with E-state index in [4.69, 9.17) is 4.52 Å². The quantitative estimate of drug-likeness (QED) is 0.309. The Morgan fingerprint density at radius 1 is 1.25 bits per heavy atom. The fraction of sp³-hybridized carbons (Fsp3) is 0.316. The van der Waals surface area contributed by atoms with Gasteiger partial charge < -0.3 is 19.7 Å². The Morgan fingerprint density at radius 2 is 2.04 bits per heavy atom. The lowest BCUT2D eigenvalue weighted by Gasteiger charge is -2.12. The zero-order valence-electron chi connectivity index (χ0n) is 16.0. The Hall–Kier alpha value is -2.43. The van der Waals surface area contributed by atoms with E-state index in [1.54, 1.807) is 36.4 Å². The molecule has 0 unspecified atom stereocenters. The van der Waals surface area contributed by atoms with Gasteiger partial charge in [0, 0.05) is 32.1 Å². The lowest BCUT2D eigenvalue weighted by atomic mass is 10.1. The van der Waals surface area contributed by atoms with Crippen molar-refractivity contribution < 1.29 is 8.91 Å². The van der Waals surface area contributed by atoms with Crippen LogP contribution in [0.3, 0.4) is 0 Å². The maximum Gasteiger partial charge on any atom is 0.191 e. The molecule has 9 heteroatoms. The number of halogens is 2. The SMILES string of the molecule is CN=C(NCc1ccc(-n2ccnc2)c(F)c1)NCc1cc(C(C)C)no1.I. The van der Waals surface area contributed by atoms with Crippen LogP contribution in [0.5, 0.6) is 0 Å². The van der Waals surface area contributed by atoms with Crippen molar-refractivity contribution in [1.29, 1.82) is 0 Å². The number of nitrogens with zero attached hydrogens (tertiary/aromatic N) is 4. The van der Waals surface area contributed by atoms with Gasteiger partial charge >= 0.3 is 0 Å². The highest BCUT2D eigenvalue weighted by molar-refractivity contribution is 14.0. The van der Waals surface area contributed by atoms with Gasteiger partial charge in [-0.3, -0.25) is 4.99 Å². The van der Waals surface area contributed by atoms with Crippen LogP contribution in [-0.4, -0.2) is 27.7 Å². The lowest BCUT2D eigenvalue weighted by molar-refractivity contribution is 0.372. The molecule has 3 aromatic rings. The van der Waals surface area contributed by atoms with E-state index in [1.165, 1.54) is 6.07 Å². The maximum absolute atomic E-state index is 14.3. The van der Waals surface area contributed by atoms with Crippen LogP contribution in [0.2, 0.25) is 0 Å². The highest BCUT2D eigenvalue weighted by Gasteiger charge is 2.09. The van der Waals surface area contributed by atoms with Crippen LogP contribution in [0.4, 0.5) is 4.39 Å². The first-order chi connectivity index (χ1) is 13.1. The van der Waals surface area contributed by atoms with E-state index in [0.29, 0.717) is 30.7 Å². The summed E-state index contributed by atoms with van der Waals surface area (Å²) in [5.74, 6) is 1.34. The predicted octanol–water partition coefficient (Wildman–Crippen LogP) is 3.61. The van der Waals surface area contributed by atoms with Crippen LogP contribution in [0.1, 0.15) is 36.8 Å². The first-order valence-corrected chi connectivity index (χ1v) is 8.73. The van der Waals surface area contributed by atoms with Crippen molar-refractivity contribution in [1.82, 2.24) is 25.3 Å². The zero-order chi connectivity index (χ0) is 19.2. The number of nitrogens with one attached hydrogen (secondary N) is 2. The summed E-state index contributed by atoms with van der Waals surface area (Å²) in [6.45, 7) is 5.03. The van der Waals surface area contributed by atoms with Crippen molar-refractivity contribution in [3.63, 3.8) is 0 Å². The third-order valence-corrected chi connectivity index (χ3v) is 4.08. The number of hydrogen-bond acceptors (Lipinski definition) is 4. The van der Waals surface area contributed by atoms with E-state index in [1.807, 2.05) is 12.1 Å². The van der Waals surface area contributed by atoms with Crippen LogP contribution in [0, 0.1) is 5.82 Å². The summed E-state index contributed by atoms with van der Waals surface area (Å²) >= 11 is 0. The number of aromatic nitrogens is 3. The van der Waals surface area contributed by atoms with Gasteiger partial charge in [-0.2, -0.15) is 0 Å². The number of benzene rings is 1. The van der Waals surface area contributed by atoms with Crippen LogP contribution >= 0.6 is 24.0 Å². The molecule has 0 aliphatic carbocycles. The average molecular weight is 498 g/mol. The molecule has 2 aromatic heterocycles. The fourth-order valence-electron chi connectivity index (χ4n) is 2.53. The molecule has 0 saturated heterocycles. The molecule has 0 bridgehead atoms. The molecule has 0 aliphatic heterocycles. The zero-order valence-corrected chi connectivity index (χ0v) is 18.3. The second-order valence-electron chi connectivity index (χ2n) is 6.41. The number of imidazole rings is 1. The van der Waals surface area contributed by atoms with Crippen molar-refractivity contribution in [3.8, 4) is 5.69 Å². The average Bonchev–Trinajstić information content (AvgIpc) is 3.34. The van der Waals surface area contributed by atoms with Crippen molar-refractivity contribution in [2.45, 2.75) is 32.9 Å². The second-order valence-corrected chi connectivity index (χ2v) is 6.41. The monoisotopic (exact) mass is 498 g/mol. The second kappa shape index (κ2) is 10.2. The van der Waals surface area contributed by atoms with Gasteiger partial charge in [-0.15, -0.1) is 24.0 Å². The molecule has 0 atom stereocenters. The molecule has 0 amide bonds. The summed E-state index contributed by atoms with van der Waals surface area (Å²) < 4.78 is 21.2. The summed E-state index contributed by atoms with van der Waals surface area (Å²) in [6, 6.07) is 7.02. The van der Waals surface area contributed by atoms with Crippen molar-refractivity contribution >= 4 is 29.9 Å². The van der Waals surface area contributed by atoms with Crippen LogP contribution in [0.25, 0.3) is 5.69 Å². The van der Waals surface area contributed by atoms with Crippen LogP contribution in [0.15, 0.2) is 52.5 Å². The number of aliphatic imine (C=N–C) groups is 1. The fourth-order valence-corrected chi connectivity index (χ4v) is 2.53. The van der Waals surface area contributed by atoms with E-state index in [0.717, 1.165) is 17.0 Å². The van der Waals surface area contributed by atoms with Crippen LogP contribution in [-0.2, 0) is 13.1 Å². The van der Waals surface area contributed by atoms with Gasteiger partial charge in [-0.1, -0.05) is 25.1 Å².